The molecule has 1 aliphatic carbocycles. The van der Waals surface area contributed by atoms with E-state index in [4.69, 9.17) is 9.47 Å². The fourth-order valence-electron chi connectivity index (χ4n) is 5.45. The van der Waals surface area contributed by atoms with Crippen LogP contribution in [0.2, 0.25) is 0 Å². The zero-order chi connectivity index (χ0) is 27.1. The number of carbonyl (C=O) groups is 2. The summed E-state index contributed by atoms with van der Waals surface area (Å²) in [6.07, 6.45) is 0. The maximum atomic E-state index is 13.6. The zero-order valence-electron chi connectivity index (χ0n) is 21.6. The lowest BCUT2D eigenvalue weighted by atomic mass is 9.80. The fourth-order valence-corrected chi connectivity index (χ4v) is 5.96. The number of rotatable bonds is 6. The van der Waals surface area contributed by atoms with Gasteiger partial charge in [0.1, 0.15) is 12.4 Å². The van der Waals surface area contributed by atoms with Crippen molar-refractivity contribution in [2.24, 2.45) is 0 Å². The monoisotopic (exact) mass is 579 g/mol. The number of hydrogen-bond acceptors (Lipinski definition) is 5. The molecule has 0 spiro atoms. The number of hydrogen-bond donors (Lipinski definition) is 1. The van der Waals surface area contributed by atoms with Gasteiger partial charge in [-0.15, -0.1) is 0 Å². The molecule has 6 rings (SSSR count). The van der Waals surface area contributed by atoms with E-state index in [9.17, 15) is 9.59 Å². The highest BCUT2D eigenvalue weighted by atomic mass is 79.9. The van der Waals surface area contributed by atoms with E-state index in [0.717, 1.165) is 26.9 Å². The Morgan fingerprint density at radius 3 is 2.44 bits per heavy atom. The first-order valence-corrected chi connectivity index (χ1v) is 13.7. The molecule has 4 aromatic rings. The third-order valence-corrected chi connectivity index (χ3v) is 7.86. The lowest BCUT2D eigenvalue weighted by molar-refractivity contribution is -0.138. The second kappa shape index (κ2) is 10.2. The van der Waals surface area contributed by atoms with Gasteiger partial charge in [0.25, 0.3) is 0 Å². The van der Waals surface area contributed by atoms with Gasteiger partial charge in [-0.05, 0) is 69.9 Å². The van der Waals surface area contributed by atoms with Crippen LogP contribution in [0.3, 0.4) is 0 Å². The number of allylic oxidation sites excluding steroid dienone is 2. The molecule has 39 heavy (non-hydrogen) atoms. The number of dihydropyridines is 1. The number of halogens is 1. The van der Waals surface area contributed by atoms with Crippen LogP contribution in [-0.4, -0.2) is 18.4 Å². The molecule has 0 amide bonds. The molecule has 0 aromatic heterocycles. The van der Waals surface area contributed by atoms with Gasteiger partial charge in [0.2, 0.25) is 0 Å². The van der Waals surface area contributed by atoms with Gasteiger partial charge >= 0.3 is 5.97 Å². The molecule has 1 N–H and O–H groups in total. The van der Waals surface area contributed by atoms with Crippen molar-refractivity contribution in [1.29, 1.82) is 0 Å². The summed E-state index contributed by atoms with van der Waals surface area (Å²) in [5, 5.41) is 5.68. The molecule has 0 bridgehead atoms. The topological polar surface area (TPSA) is 64.6 Å². The number of esters is 1. The first-order chi connectivity index (χ1) is 19.0. The summed E-state index contributed by atoms with van der Waals surface area (Å²) in [6, 6.07) is 27.8. The SMILES string of the molecule is CCOC(=O)C1=C(C)NC2=C(C(=O)c3ccccc32)[C@@H]1c1ccc(OCc2ccc3ccccc3c2)c(Br)c1. The second-order valence-electron chi connectivity index (χ2n) is 9.64. The summed E-state index contributed by atoms with van der Waals surface area (Å²) in [4.78, 5) is 26.8. The Bertz CT molecular complexity index is 1720. The number of carbonyl (C=O) groups excluding carboxylic acids is 2. The van der Waals surface area contributed by atoms with E-state index in [1.807, 2.05) is 61.5 Å². The number of fused-ring (bicyclic) bond motifs is 3. The molecule has 1 heterocycles. The normalized spacial score (nSPS) is 16.2. The molecule has 194 valence electrons. The summed E-state index contributed by atoms with van der Waals surface area (Å²) in [6.45, 7) is 4.28. The molecular formula is C33H26BrNO4. The van der Waals surface area contributed by atoms with Crippen LogP contribution in [0.1, 0.15) is 46.8 Å². The summed E-state index contributed by atoms with van der Waals surface area (Å²) in [5.41, 5.74) is 5.77. The molecule has 6 heteroatoms. The average molecular weight is 580 g/mol. The van der Waals surface area contributed by atoms with Crippen molar-refractivity contribution in [2.75, 3.05) is 6.61 Å². The van der Waals surface area contributed by atoms with Crippen LogP contribution < -0.4 is 10.1 Å². The fraction of sp³-hybridized carbons (Fsp3) is 0.152. The maximum absolute atomic E-state index is 13.6. The minimum atomic E-state index is -0.578. The van der Waals surface area contributed by atoms with Crippen LogP contribution in [0.25, 0.3) is 16.5 Å². The Hall–Kier alpha value is -4.16. The molecule has 4 aromatic carbocycles. The van der Waals surface area contributed by atoms with E-state index in [1.165, 1.54) is 10.8 Å². The van der Waals surface area contributed by atoms with Gasteiger partial charge < -0.3 is 14.8 Å². The average Bonchev–Trinajstić information content (AvgIpc) is 3.23. The van der Waals surface area contributed by atoms with E-state index in [2.05, 4.69) is 51.6 Å². The highest BCUT2D eigenvalue weighted by molar-refractivity contribution is 9.10. The van der Waals surface area contributed by atoms with Gasteiger partial charge in [-0.2, -0.15) is 0 Å². The Kier molecular flexibility index (Phi) is 6.57. The second-order valence-corrected chi connectivity index (χ2v) is 10.5. The van der Waals surface area contributed by atoms with Crippen LogP contribution in [0.5, 0.6) is 5.75 Å². The van der Waals surface area contributed by atoms with E-state index in [-0.39, 0.29) is 12.4 Å². The van der Waals surface area contributed by atoms with Gasteiger partial charge in [0.05, 0.1) is 22.3 Å². The Balaban J connectivity index is 1.35. The molecule has 5 nitrogen and oxygen atoms in total. The third kappa shape index (κ3) is 4.45. The van der Waals surface area contributed by atoms with Gasteiger partial charge in [-0.1, -0.05) is 66.7 Å². The van der Waals surface area contributed by atoms with Crippen molar-refractivity contribution in [1.82, 2.24) is 5.32 Å². The number of ether oxygens (including phenoxy) is 2. The highest BCUT2D eigenvalue weighted by Gasteiger charge is 2.43. The van der Waals surface area contributed by atoms with Gasteiger partial charge in [-0.3, -0.25) is 4.79 Å². The van der Waals surface area contributed by atoms with E-state index in [0.29, 0.717) is 34.8 Å². The molecular weight excluding hydrogens is 554 g/mol. The standard InChI is InChI=1S/C33H26BrNO4/c1-3-38-33(37)28-19(2)35-31-24-10-6-7-11-25(24)32(36)30(31)29(28)23-14-15-27(26(34)17-23)39-18-20-12-13-21-8-4-5-9-22(21)16-20/h4-17,29,35H,3,18H2,1-2H3/t29-/m1/s1. The van der Waals surface area contributed by atoms with Crippen molar-refractivity contribution in [3.05, 3.63) is 128 Å². The number of nitrogens with one attached hydrogen (secondary N) is 1. The molecule has 0 radical (unpaired) electrons. The molecule has 0 saturated carbocycles. The van der Waals surface area contributed by atoms with Gasteiger partial charge in [-0.25, -0.2) is 4.79 Å². The van der Waals surface area contributed by atoms with Gasteiger partial charge in [0, 0.05) is 28.3 Å². The largest absolute Gasteiger partial charge is 0.488 e. The smallest absolute Gasteiger partial charge is 0.336 e. The third-order valence-electron chi connectivity index (χ3n) is 7.24. The lowest BCUT2D eigenvalue weighted by Gasteiger charge is -2.29. The molecule has 0 fully saturated rings. The summed E-state index contributed by atoms with van der Waals surface area (Å²) in [7, 11) is 0. The van der Waals surface area contributed by atoms with Crippen molar-refractivity contribution < 1.29 is 19.1 Å². The predicted molar refractivity (Wildman–Crippen MR) is 155 cm³/mol. The predicted octanol–water partition coefficient (Wildman–Crippen LogP) is 7.31. The van der Waals surface area contributed by atoms with E-state index < -0.39 is 11.9 Å². The highest BCUT2D eigenvalue weighted by Crippen LogP contribution is 2.47. The van der Waals surface area contributed by atoms with Crippen LogP contribution >= 0.6 is 15.9 Å². The number of benzene rings is 4. The number of ketones is 1. The van der Waals surface area contributed by atoms with Crippen LogP contribution in [0.4, 0.5) is 0 Å². The van der Waals surface area contributed by atoms with Gasteiger partial charge in [0.15, 0.2) is 5.78 Å². The molecule has 1 aliphatic heterocycles. The molecule has 0 unspecified atom stereocenters. The summed E-state index contributed by atoms with van der Waals surface area (Å²) in [5.74, 6) is -0.420. The molecule has 2 aliphatic rings. The van der Waals surface area contributed by atoms with Crippen molar-refractivity contribution in [3.8, 4) is 5.75 Å². The Labute approximate surface area is 235 Å². The minimum Gasteiger partial charge on any atom is -0.488 e. The van der Waals surface area contributed by atoms with Crippen molar-refractivity contribution in [3.63, 3.8) is 0 Å². The quantitative estimate of drug-likeness (QED) is 0.242. The Morgan fingerprint density at radius 2 is 1.67 bits per heavy atom. The van der Waals surface area contributed by atoms with E-state index in [1.54, 1.807) is 6.92 Å². The zero-order valence-corrected chi connectivity index (χ0v) is 23.2. The lowest BCUT2D eigenvalue weighted by Crippen LogP contribution is -2.29. The first-order valence-electron chi connectivity index (χ1n) is 12.9. The van der Waals surface area contributed by atoms with Crippen LogP contribution in [-0.2, 0) is 16.1 Å². The molecule has 0 saturated heterocycles. The summed E-state index contributed by atoms with van der Waals surface area (Å²) < 4.78 is 12.3. The van der Waals surface area contributed by atoms with E-state index >= 15 is 0 Å². The van der Waals surface area contributed by atoms with Crippen molar-refractivity contribution >= 4 is 44.2 Å². The minimum absolute atomic E-state index is 0.0832. The Morgan fingerprint density at radius 1 is 0.923 bits per heavy atom. The van der Waals surface area contributed by atoms with Crippen molar-refractivity contribution in [2.45, 2.75) is 26.4 Å². The van der Waals surface area contributed by atoms with Crippen LogP contribution in [0, 0.1) is 0 Å². The maximum Gasteiger partial charge on any atom is 0.336 e. The first kappa shape index (κ1) is 25.1. The van der Waals surface area contributed by atoms with Crippen LogP contribution in [0.15, 0.2) is 106 Å². The number of Topliss-reactive ketones (excluding diaryl/α,β-unsaturated/α-hetero) is 1. The summed E-state index contributed by atoms with van der Waals surface area (Å²) >= 11 is 3.67. The molecule has 1 atom stereocenters.